The Morgan fingerprint density at radius 2 is 1.89 bits per heavy atom. The summed E-state index contributed by atoms with van der Waals surface area (Å²) in [6.07, 6.45) is 7.29. The summed E-state index contributed by atoms with van der Waals surface area (Å²) in [6, 6.07) is 0. The third kappa shape index (κ3) is 2.07. The monoisotopic (exact) mass is 250 g/mol. The molecule has 1 atom stereocenters. The Morgan fingerprint density at radius 3 is 2.39 bits per heavy atom. The van der Waals surface area contributed by atoms with Crippen LogP contribution in [0.25, 0.3) is 0 Å². The van der Waals surface area contributed by atoms with Gasteiger partial charge in [-0.1, -0.05) is 24.5 Å². The lowest BCUT2D eigenvalue weighted by Crippen LogP contribution is -2.38. The normalized spacial score (nSPS) is 28.7. The molecule has 0 spiro atoms. The Bertz CT molecular complexity index is 441. The van der Waals surface area contributed by atoms with Gasteiger partial charge < -0.3 is 10.2 Å². The zero-order valence-electron chi connectivity index (χ0n) is 10.5. The van der Waals surface area contributed by atoms with E-state index in [1.165, 1.54) is 0 Å². The standard InChI is InChI=1S/C14H18O4/c1-9-6-10(12(15)16)8-14(7-9,13(17)18)11-4-2-3-5-11/h6-7,11H,2-5,8H2,1H3,(H,15,16)(H,17,18). The molecule has 98 valence electrons. The number of carbonyl (C=O) groups is 2. The highest BCUT2D eigenvalue weighted by atomic mass is 16.4. The van der Waals surface area contributed by atoms with E-state index in [0.29, 0.717) is 0 Å². The number of allylic oxidation sites excluding steroid dienone is 2. The van der Waals surface area contributed by atoms with Crippen molar-refractivity contribution < 1.29 is 19.8 Å². The molecule has 4 heteroatoms. The quantitative estimate of drug-likeness (QED) is 0.807. The van der Waals surface area contributed by atoms with Gasteiger partial charge in [0.15, 0.2) is 0 Å². The van der Waals surface area contributed by atoms with Crippen molar-refractivity contribution in [3.8, 4) is 0 Å². The first-order chi connectivity index (χ1) is 8.45. The molecule has 1 saturated carbocycles. The van der Waals surface area contributed by atoms with Crippen LogP contribution in [0.4, 0.5) is 0 Å². The molecule has 2 N–H and O–H groups in total. The summed E-state index contributed by atoms with van der Waals surface area (Å²) in [7, 11) is 0. The second-order valence-corrected chi connectivity index (χ2v) is 5.37. The van der Waals surface area contributed by atoms with Gasteiger partial charge >= 0.3 is 11.9 Å². The van der Waals surface area contributed by atoms with Crippen LogP contribution in [0.5, 0.6) is 0 Å². The number of rotatable bonds is 3. The Labute approximate surface area is 106 Å². The van der Waals surface area contributed by atoms with E-state index in [4.69, 9.17) is 5.11 Å². The van der Waals surface area contributed by atoms with Crippen LogP contribution in [-0.4, -0.2) is 22.2 Å². The van der Waals surface area contributed by atoms with Gasteiger partial charge in [0.05, 0.1) is 5.41 Å². The molecule has 2 aliphatic rings. The van der Waals surface area contributed by atoms with Crippen LogP contribution in [0.2, 0.25) is 0 Å². The molecule has 1 fully saturated rings. The van der Waals surface area contributed by atoms with Crippen molar-refractivity contribution in [3.05, 3.63) is 23.3 Å². The molecule has 0 heterocycles. The molecule has 0 aromatic heterocycles. The smallest absolute Gasteiger partial charge is 0.331 e. The number of hydrogen-bond acceptors (Lipinski definition) is 2. The summed E-state index contributed by atoms with van der Waals surface area (Å²) in [5.74, 6) is -1.83. The molecule has 0 radical (unpaired) electrons. The van der Waals surface area contributed by atoms with Crippen LogP contribution in [0, 0.1) is 11.3 Å². The van der Waals surface area contributed by atoms with E-state index in [-0.39, 0.29) is 17.9 Å². The molecule has 18 heavy (non-hydrogen) atoms. The summed E-state index contributed by atoms with van der Waals surface area (Å²) in [6.45, 7) is 1.77. The third-order valence-electron chi connectivity index (χ3n) is 4.13. The first-order valence-electron chi connectivity index (χ1n) is 6.32. The lowest BCUT2D eigenvalue weighted by atomic mass is 9.67. The molecular formula is C14H18O4. The maximum atomic E-state index is 11.7. The van der Waals surface area contributed by atoms with Crippen LogP contribution in [0.1, 0.15) is 39.0 Å². The summed E-state index contributed by atoms with van der Waals surface area (Å²) < 4.78 is 0. The molecule has 1 unspecified atom stereocenters. The first-order valence-corrected chi connectivity index (χ1v) is 6.32. The van der Waals surface area contributed by atoms with Gasteiger partial charge in [0, 0.05) is 5.57 Å². The molecule has 2 rings (SSSR count). The minimum atomic E-state index is -1.01. The van der Waals surface area contributed by atoms with Crippen LogP contribution < -0.4 is 0 Å². The van der Waals surface area contributed by atoms with Gasteiger partial charge in [-0.05, 0) is 38.2 Å². The van der Waals surface area contributed by atoms with Crippen LogP contribution in [0.15, 0.2) is 23.3 Å². The fraction of sp³-hybridized carbons (Fsp3) is 0.571. The Morgan fingerprint density at radius 1 is 1.28 bits per heavy atom. The Hall–Kier alpha value is -1.58. The van der Waals surface area contributed by atoms with Crippen molar-refractivity contribution in [1.29, 1.82) is 0 Å². The predicted molar refractivity (Wildman–Crippen MR) is 66.1 cm³/mol. The van der Waals surface area contributed by atoms with Gasteiger partial charge in [0.25, 0.3) is 0 Å². The highest BCUT2D eigenvalue weighted by molar-refractivity contribution is 5.90. The van der Waals surface area contributed by atoms with Crippen molar-refractivity contribution >= 4 is 11.9 Å². The largest absolute Gasteiger partial charge is 0.481 e. The fourth-order valence-electron chi connectivity index (χ4n) is 3.29. The molecule has 0 aromatic rings. The minimum absolute atomic E-state index is 0.0630. The van der Waals surface area contributed by atoms with E-state index in [0.717, 1.165) is 31.3 Å². The van der Waals surface area contributed by atoms with Crippen LogP contribution >= 0.6 is 0 Å². The number of carboxylic acids is 2. The summed E-state index contributed by atoms with van der Waals surface area (Å²) >= 11 is 0. The minimum Gasteiger partial charge on any atom is -0.481 e. The van der Waals surface area contributed by atoms with Crippen molar-refractivity contribution in [2.45, 2.75) is 39.0 Å². The van der Waals surface area contributed by atoms with E-state index < -0.39 is 17.4 Å². The molecular weight excluding hydrogens is 232 g/mol. The molecule has 0 aliphatic heterocycles. The zero-order chi connectivity index (χ0) is 13.3. The highest BCUT2D eigenvalue weighted by Crippen LogP contribution is 2.48. The van der Waals surface area contributed by atoms with Gasteiger partial charge in [-0.3, -0.25) is 4.79 Å². The zero-order valence-corrected chi connectivity index (χ0v) is 10.5. The molecule has 0 aromatic carbocycles. The van der Waals surface area contributed by atoms with E-state index in [1.54, 1.807) is 19.1 Å². The Balaban J connectivity index is 2.40. The molecule has 0 amide bonds. The van der Waals surface area contributed by atoms with E-state index in [1.807, 2.05) is 0 Å². The van der Waals surface area contributed by atoms with Gasteiger partial charge in [0.2, 0.25) is 0 Å². The van der Waals surface area contributed by atoms with Gasteiger partial charge in [-0.15, -0.1) is 0 Å². The van der Waals surface area contributed by atoms with Gasteiger partial charge in [0.1, 0.15) is 0 Å². The number of aliphatic carboxylic acids is 2. The van der Waals surface area contributed by atoms with Gasteiger partial charge in [-0.25, -0.2) is 4.79 Å². The van der Waals surface area contributed by atoms with Crippen LogP contribution in [0.3, 0.4) is 0 Å². The molecule has 0 saturated heterocycles. The topological polar surface area (TPSA) is 74.6 Å². The lowest BCUT2D eigenvalue weighted by molar-refractivity contribution is -0.149. The average molecular weight is 250 g/mol. The first kappa shape index (κ1) is 12.9. The van der Waals surface area contributed by atoms with Crippen molar-refractivity contribution in [2.24, 2.45) is 11.3 Å². The maximum Gasteiger partial charge on any atom is 0.331 e. The summed E-state index contributed by atoms with van der Waals surface area (Å²) in [4.78, 5) is 22.8. The maximum absolute atomic E-state index is 11.7. The molecule has 4 nitrogen and oxygen atoms in total. The van der Waals surface area contributed by atoms with Gasteiger partial charge in [-0.2, -0.15) is 0 Å². The molecule has 2 aliphatic carbocycles. The van der Waals surface area contributed by atoms with E-state index in [2.05, 4.69) is 0 Å². The predicted octanol–water partition coefficient (Wildman–Crippen LogP) is 2.61. The van der Waals surface area contributed by atoms with Crippen molar-refractivity contribution in [1.82, 2.24) is 0 Å². The van der Waals surface area contributed by atoms with E-state index >= 15 is 0 Å². The second-order valence-electron chi connectivity index (χ2n) is 5.37. The number of hydrogen-bond donors (Lipinski definition) is 2. The summed E-state index contributed by atoms with van der Waals surface area (Å²) in [5, 5.41) is 18.7. The lowest BCUT2D eigenvalue weighted by Gasteiger charge is -2.35. The fourth-order valence-corrected chi connectivity index (χ4v) is 3.29. The van der Waals surface area contributed by atoms with Crippen LogP contribution in [-0.2, 0) is 9.59 Å². The molecule has 0 bridgehead atoms. The number of carboxylic acid groups (broad SMARTS) is 2. The average Bonchev–Trinajstić information content (AvgIpc) is 2.81. The van der Waals surface area contributed by atoms with Crippen molar-refractivity contribution in [2.75, 3.05) is 0 Å². The second kappa shape index (κ2) is 4.59. The highest BCUT2D eigenvalue weighted by Gasteiger charge is 2.47. The van der Waals surface area contributed by atoms with E-state index in [9.17, 15) is 14.7 Å². The SMILES string of the molecule is CC1=CC(C(=O)O)(C2CCCC2)CC(C(=O)O)=C1. The third-order valence-corrected chi connectivity index (χ3v) is 4.13. The Kier molecular flexibility index (Phi) is 3.28. The van der Waals surface area contributed by atoms with Crippen molar-refractivity contribution in [3.63, 3.8) is 0 Å². The summed E-state index contributed by atoms with van der Waals surface area (Å²) in [5.41, 5.74) is -0.0551.